The number of rotatable bonds is 7. The first-order valence-electron chi connectivity index (χ1n) is 10.1. The minimum absolute atomic E-state index is 0.252. The molecule has 2 aromatic rings. The van der Waals surface area contributed by atoms with Gasteiger partial charge in [0.25, 0.3) is 0 Å². The minimum atomic E-state index is -1.33. The zero-order valence-electron chi connectivity index (χ0n) is 17.1. The second-order valence-corrected chi connectivity index (χ2v) is 8.54. The highest BCUT2D eigenvalue weighted by Gasteiger charge is 2.43. The van der Waals surface area contributed by atoms with Crippen molar-refractivity contribution >= 4 is 5.70 Å². The third kappa shape index (κ3) is 3.95. The lowest BCUT2D eigenvalue weighted by Crippen LogP contribution is -2.42. The average Bonchev–Trinajstić information content (AvgIpc) is 2.60. The third-order valence-electron chi connectivity index (χ3n) is 6.36. The second-order valence-electron chi connectivity index (χ2n) is 8.54. The van der Waals surface area contributed by atoms with Crippen molar-refractivity contribution in [3.63, 3.8) is 0 Å². The highest BCUT2D eigenvalue weighted by atomic mass is 19.1. The number of hydrogen-bond acceptors (Lipinski definition) is 1. The molecule has 0 heterocycles. The molecule has 0 spiro atoms. The van der Waals surface area contributed by atoms with Crippen LogP contribution in [0.15, 0.2) is 55.1 Å². The summed E-state index contributed by atoms with van der Waals surface area (Å²) in [6.07, 6.45) is 4.94. The molecule has 3 rings (SSSR count). The van der Waals surface area contributed by atoms with Crippen molar-refractivity contribution in [3.05, 3.63) is 77.4 Å². The number of nitrogens with one attached hydrogen (secondary N) is 1. The molecule has 1 fully saturated rings. The van der Waals surface area contributed by atoms with Crippen molar-refractivity contribution in [2.24, 2.45) is 5.41 Å². The molecule has 0 radical (unpaired) electrons. The summed E-state index contributed by atoms with van der Waals surface area (Å²) in [7, 11) is 0. The molecule has 1 aliphatic carbocycles. The molecule has 1 saturated carbocycles. The summed E-state index contributed by atoms with van der Waals surface area (Å²) in [5.74, 6) is 0. The fraction of sp³-hybridized carbons (Fsp3) is 0.440. The Morgan fingerprint density at radius 1 is 1.19 bits per heavy atom. The molecular formula is C25H32FN. The van der Waals surface area contributed by atoms with Gasteiger partial charge in [0.2, 0.25) is 0 Å². The molecule has 27 heavy (non-hydrogen) atoms. The Morgan fingerprint density at radius 2 is 1.85 bits per heavy atom. The number of halogens is 1. The summed E-state index contributed by atoms with van der Waals surface area (Å²) in [5.41, 5.74) is 4.03. The zero-order chi connectivity index (χ0) is 19.7. The van der Waals surface area contributed by atoms with E-state index in [1.165, 1.54) is 24.8 Å². The van der Waals surface area contributed by atoms with Gasteiger partial charge in [-0.25, -0.2) is 4.39 Å². The Bertz CT molecular complexity index is 791. The molecule has 1 nitrogen and oxygen atoms in total. The lowest BCUT2D eigenvalue weighted by Gasteiger charge is -2.48. The second kappa shape index (κ2) is 7.50. The molecule has 2 aromatic carbocycles. The third-order valence-corrected chi connectivity index (χ3v) is 6.36. The largest absolute Gasteiger partial charge is 0.378 e. The number of aryl methyl sites for hydroxylation is 1. The molecule has 1 aliphatic rings. The summed E-state index contributed by atoms with van der Waals surface area (Å²) in [4.78, 5) is 0. The topological polar surface area (TPSA) is 12.0 Å². The molecule has 1 N–H and O–H groups in total. The summed E-state index contributed by atoms with van der Waals surface area (Å²) in [5, 5.41) is 3.75. The lowest BCUT2D eigenvalue weighted by molar-refractivity contribution is 0.0767. The fourth-order valence-corrected chi connectivity index (χ4v) is 4.34. The zero-order valence-corrected chi connectivity index (χ0v) is 17.1. The van der Waals surface area contributed by atoms with Crippen molar-refractivity contribution in [1.82, 2.24) is 5.32 Å². The van der Waals surface area contributed by atoms with Gasteiger partial charge in [-0.2, -0.15) is 0 Å². The Hall–Kier alpha value is -2.09. The average molecular weight is 366 g/mol. The van der Waals surface area contributed by atoms with Crippen LogP contribution in [0.3, 0.4) is 0 Å². The first kappa shape index (κ1) is 19.7. The van der Waals surface area contributed by atoms with Crippen LogP contribution < -0.4 is 5.32 Å². The maximum Gasteiger partial charge on any atom is 0.130 e. The highest BCUT2D eigenvalue weighted by Crippen LogP contribution is 2.53. The van der Waals surface area contributed by atoms with E-state index in [1.54, 1.807) is 13.8 Å². The predicted molar refractivity (Wildman–Crippen MR) is 113 cm³/mol. The van der Waals surface area contributed by atoms with Gasteiger partial charge in [-0.05, 0) is 67.7 Å². The monoisotopic (exact) mass is 365 g/mol. The SMILES string of the molecule is C=C(NC(c1ccccc1)C1(CC)CCC1)c1ccc(C(C)(C)F)cc1C. The van der Waals surface area contributed by atoms with Crippen LogP contribution in [0, 0.1) is 12.3 Å². The van der Waals surface area contributed by atoms with Gasteiger partial charge in [0.15, 0.2) is 0 Å². The summed E-state index contributed by atoms with van der Waals surface area (Å²) < 4.78 is 14.3. The molecule has 0 bridgehead atoms. The van der Waals surface area contributed by atoms with Crippen molar-refractivity contribution in [2.75, 3.05) is 0 Å². The number of hydrogen-bond donors (Lipinski definition) is 1. The molecule has 144 valence electrons. The molecule has 1 unspecified atom stereocenters. The van der Waals surface area contributed by atoms with Crippen LogP contribution in [0.4, 0.5) is 4.39 Å². The van der Waals surface area contributed by atoms with Gasteiger partial charge < -0.3 is 5.32 Å². The van der Waals surface area contributed by atoms with E-state index in [4.69, 9.17) is 0 Å². The Morgan fingerprint density at radius 3 is 2.33 bits per heavy atom. The van der Waals surface area contributed by atoms with E-state index in [2.05, 4.69) is 49.2 Å². The Kier molecular flexibility index (Phi) is 5.46. The molecule has 0 saturated heterocycles. The molecule has 0 aromatic heterocycles. The van der Waals surface area contributed by atoms with Crippen LogP contribution in [-0.4, -0.2) is 0 Å². The van der Waals surface area contributed by atoms with Gasteiger partial charge in [-0.15, -0.1) is 0 Å². The first-order chi connectivity index (χ1) is 12.8. The maximum absolute atomic E-state index is 14.3. The van der Waals surface area contributed by atoms with E-state index in [9.17, 15) is 4.39 Å². The summed E-state index contributed by atoms with van der Waals surface area (Å²) >= 11 is 0. The standard InChI is InChI=1S/C25H32FN/c1-6-25(15-10-16-25)23(20-11-8-7-9-12-20)27-19(3)22-14-13-21(17-18(22)2)24(4,5)26/h7-9,11-14,17,23,27H,3,6,10,15-16H2,1-2,4-5H3. The van der Waals surface area contributed by atoms with Crippen molar-refractivity contribution in [2.45, 2.75) is 65.1 Å². The van der Waals surface area contributed by atoms with E-state index < -0.39 is 5.67 Å². The van der Waals surface area contributed by atoms with E-state index in [1.807, 2.05) is 25.1 Å². The smallest absolute Gasteiger partial charge is 0.130 e. The van der Waals surface area contributed by atoms with Crippen LogP contribution >= 0.6 is 0 Å². The van der Waals surface area contributed by atoms with Crippen molar-refractivity contribution in [3.8, 4) is 0 Å². The highest BCUT2D eigenvalue weighted by molar-refractivity contribution is 5.66. The molecule has 0 aliphatic heterocycles. The van der Waals surface area contributed by atoms with Gasteiger partial charge in [-0.3, -0.25) is 0 Å². The quantitative estimate of drug-likeness (QED) is 0.552. The van der Waals surface area contributed by atoms with Gasteiger partial charge in [-0.1, -0.05) is 68.5 Å². The van der Waals surface area contributed by atoms with E-state index in [0.717, 1.165) is 23.2 Å². The van der Waals surface area contributed by atoms with E-state index in [-0.39, 0.29) is 6.04 Å². The van der Waals surface area contributed by atoms with Gasteiger partial charge >= 0.3 is 0 Å². The van der Waals surface area contributed by atoms with Crippen LogP contribution in [0.1, 0.15) is 74.8 Å². The fourth-order valence-electron chi connectivity index (χ4n) is 4.34. The molecule has 2 heteroatoms. The minimum Gasteiger partial charge on any atom is -0.378 e. The van der Waals surface area contributed by atoms with Gasteiger partial charge in [0.1, 0.15) is 5.67 Å². The van der Waals surface area contributed by atoms with Crippen LogP contribution in [0.2, 0.25) is 0 Å². The molecular weight excluding hydrogens is 333 g/mol. The van der Waals surface area contributed by atoms with Gasteiger partial charge in [0, 0.05) is 5.70 Å². The van der Waals surface area contributed by atoms with Crippen LogP contribution in [0.25, 0.3) is 5.70 Å². The Balaban J connectivity index is 1.89. The van der Waals surface area contributed by atoms with Crippen molar-refractivity contribution < 1.29 is 4.39 Å². The number of benzene rings is 2. The summed E-state index contributed by atoms with van der Waals surface area (Å²) in [6.45, 7) is 11.9. The van der Waals surface area contributed by atoms with Crippen LogP contribution in [0.5, 0.6) is 0 Å². The first-order valence-corrected chi connectivity index (χ1v) is 10.1. The predicted octanol–water partition coefficient (Wildman–Crippen LogP) is 7.08. The van der Waals surface area contributed by atoms with Gasteiger partial charge in [0.05, 0.1) is 6.04 Å². The van der Waals surface area contributed by atoms with Crippen LogP contribution in [-0.2, 0) is 5.67 Å². The molecule has 1 atom stereocenters. The maximum atomic E-state index is 14.3. The van der Waals surface area contributed by atoms with E-state index >= 15 is 0 Å². The summed E-state index contributed by atoms with van der Waals surface area (Å²) in [6, 6.07) is 16.8. The Labute approximate surface area is 163 Å². The lowest BCUT2D eigenvalue weighted by atomic mass is 9.61. The number of alkyl halides is 1. The van der Waals surface area contributed by atoms with Crippen molar-refractivity contribution in [1.29, 1.82) is 0 Å². The normalized spacial score (nSPS) is 17.1. The van der Waals surface area contributed by atoms with E-state index in [0.29, 0.717) is 11.0 Å². The molecule has 0 amide bonds.